The van der Waals surface area contributed by atoms with E-state index >= 15 is 0 Å². The molecule has 1 aliphatic rings. The minimum Gasteiger partial charge on any atom is -0.353 e. The van der Waals surface area contributed by atoms with Gasteiger partial charge in [-0.25, -0.2) is 0 Å². The summed E-state index contributed by atoms with van der Waals surface area (Å²) in [5.74, 6) is 0.492. The minimum absolute atomic E-state index is 0.0941. The highest BCUT2D eigenvalue weighted by molar-refractivity contribution is 7.99. The molecule has 1 aliphatic carbocycles. The van der Waals surface area contributed by atoms with Crippen molar-refractivity contribution >= 4 is 17.7 Å². The van der Waals surface area contributed by atoms with Gasteiger partial charge in [-0.1, -0.05) is 55.3 Å². The van der Waals surface area contributed by atoms with Gasteiger partial charge in [-0.15, -0.1) is 10.2 Å². The van der Waals surface area contributed by atoms with Crippen LogP contribution in [-0.4, -0.2) is 27.9 Å². The Morgan fingerprint density at radius 3 is 2.62 bits per heavy atom. The zero-order valence-corrected chi connectivity index (χ0v) is 14.8. The summed E-state index contributed by atoms with van der Waals surface area (Å²) in [7, 11) is 0. The van der Waals surface area contributed by atoms with Gasteiger partial charge in [-0.2, -0.15) is 0 Å². The summed E-state index contributed by atoms with van der Waals surface area (Å²) < 4.78 is 0. The van der Waals surface area contributed by atoms with Gasteiger partial charge in [0.15, 0.2) is 0 Å². The van der Waals surface area contributed by atoms with Gasteiger partial charge in [-0.05, 0) is 37.5 Å². The predicted molar refractivity (Wildman–Crippen MR) is 97.9 cm³/mol. The van der Waals surface area contributed by atoms with Crippen LogP contribution in [0.1, 0.15) is 37.7 Å². The summed E-state index contributed by atoms with van der Waals surface area (Å²) in [6.45, 7) is 2.06. The number of carbonyl (C=O) groups is 1. The van der Waals surface area contributed by atoms with Gasteiger partial charge in [0, 0.05) is 11.6 Å². The fourth-order valence-electron chi connectivity index (χ4n) is 3.06. The summed E-state index contributed by atoms with van der Waals surface area (Å²) in [4.78, 5) is 12.0. The van der Waals surface area contributed by atoms with Crippen molar-refractivity contribution in [1.29, 1.82) is 0 Å². The molecule has 0 spiro atoms. The van der Waals surface area contributed by atoms with E-state index in [0.717, 1.165) is 29.1 Å². The first kappa shape index (κ1) is 17.0. The second kappa shape index (κ2) is 8.29. The van der Waals surface area contributed by atoms with Crippen molar-refractivity contribution < 1.29 is 4.79 Å². The molecule has 0 atom stereocenters. The van der Waals surface area contributed by atoms with E-state index in [1.807, 2.05) is 30.3 Å². The Morgan fingerprint density at radius 2 is 1.92 bits per heavy atom. The molecular weight excluding hydrogens is 318 g/mol. The molecule has 1 amide bonds. The molecule has 0 bridgehead atoms. The maximum absolute atomic E-state index is 12.0. The van der Waals surface area contributed by atoms with Gasteiger partial charge < -0.3 is 5.32 Å². The maximum atomic E-state index is 12.0. The average molecular weight is 341 g/mol. The van der Waals surface area contributed by atoms with E-state index < -0.39 is 0 Å². The minimum atomic E-state index is 0.0941. The number of hydrogen-bond acceptors (Lipinski definition) is 4. The number of benzene rings is 1. The monoisotopic (exact) mass is 341 g/mol. The third kappa shape index (κ3) is 4.57. The maximum Gasteiger partial charge on any atom is 0.230 e. The summed E-state index contributed by atoms with van der Waals surface area (Å²) in [5.41, 5.74) is 3.14. The lowest BCUT2D eigenvalue weighted by molar-refractivity contribution is -0.119. The molecule has 0 aliphatic heterocycles. The highest BCUT2D eigenvalue weighted by atomic mass is 32.2. The van der Waals surface area contributed by atoms with Crippen LogP contribution in [0.5, 0.6) is 0 Å². The highest BCUT2D eigenvalue weighted by Gasteiger charge is 2.15. The molecule has 2 aromatic rings. The molecule has 1 saturated carbocycles. The third-order valence-electron chi connectivity index (χ3n) is 4.38. The SMILES string of the molecule is Cc1ccccc1-c1ccc(SCC(=O)NC2CCCCC2)nn1. The number of rotatable bonds is 5. The number of nitrogens with zero attached hydrogens (tertiary/aromatic N) is 2. The molecule has 1 fully saturated rings. The van der Waals surface area contributed by atoms with Crippen molar-refractivity contribution in [3.05, 3.63) is 42.0 Å². The molecule has 5 heteroatoms. The number of hydrogen-bond donors (Lipinski definition) is 1. The third-order valence-corrected chi connectivity index (χ3v) is 5.30. The Balaban J connectivity index is 1.53. The van der Waals surface area contributed by atoms with Gasteiger partial charge >= 0.3 is 0 Å². The first-order chi connectivity index (χ1) is 11.7. The normalized spacial score (nSPS) is 15.2. The Morgan fingerprint density at radius 1 is 1.12 bits per heavy atom. The van der Waals surface area contributed by atoms with Crippen LogP contribution in [0.4, 0.5) is 0 Å². The molecular formula is C19H23N3OS. The van der Waals surface area contributed by atoms with Gasteiger partial charge in [0.05, 0.1) is 11.4 Å². The van der Waals surface area contributed by atoms with E-state index in [1.165, 1.54) is 36.6 Å². The summed E-state index contributed by atoms with van der Waals surface area (Å²) in [6.07, 6.45) is 5.97. The van der Waals surface area contributed by atoms with E-state index in [-0.39, 0.29) is 5.91 Å². The second-order valence-electron chi connectivity index (χ2n) is 6.26. The van der Waals surface area contributed by atoms with Crippen molar-refractivity contribution in [2.45, 2.75) is 50.1 Å². The first-order valence-electron chi connectivity index (χ1n) is 8.54. The molecule has 126 valence electrons. The topological polar surface area (TPSA) is 54.9 Å². The van der Waals surface area contributed by atoms with Crippen LogP contribution in [0.25, 0.3) is 11.3 Å². The van der Waals surface area contributed by atoms with E-state index in [1.54, 1.807) is 0 Å². The molecule has 3 rings (SSSR count). The summed E-state index contributed by atoms with van der Waals surface area (Å²) in [5, 5.41) is 12.5. The van der Waals surface area contributed by atoms with Crippen molar-refractivity contribution in [2.75, 3.05) is 5.75 Å². The average Bonchev–Trinajstić information content (AvgIpc) is 2.62. The Hall–Kier alpha value is -1.88. The van der Waals surface area contributed by atoms with Crippen molar-refractivity contribution in [3.63, 3.8) is 0 Å². The van der Waals surface area contributed by atoms with Crippen LogP contribution in [0.2, 0.25) is 0 Å². The van der Waals surface area contributed by atoms with E-state index in [9.17, 15) is 4.79 Å². The zero-order chi connectivity index (χ0) is 16.8. The van der Waals surface area contributed by atoms with Crippen molar-refractivity contribution in [3.8, 4) is 11.3 Å². The number of thioether (sulfide) groups is 1. The zero-order valence-electron chi connectivity index (χ0n) is 14.0. The number of aromatic nitrogens is 2. The Bertz CT molecular complexity index is 681. The van der Waals surface area contributed by atoms with E-state index in [2.05, 4.69) is 28.5 Å². The Kier molecular flexibility index (Phi) is 5.86. The standard InChI is InChI=1S/C19H23N3OS/c1-14-7-5-6-10-16(14)17-11-12-19(22-21-17)24-13-18(23)20-15-8-3-2-4-9-15/h5-7,10-12,15H,2-4,8-9,13H2,1H3,(H,20,23). The van der Waals surface area contributed by atoms with Gasteiger partial charge in [0.2, 0.25) is 5.91 Å². The van der Waals surface area contributed by atoms with E-state index in [0.29, 0.717) is 11.8 Å². The fourth-order valence-corrected chi connectivity index (χ4v) is 3.68. The summed E-state index contributed by atoms with van der Waals surface area (Å²) >= 11 is 1.44. The van der Waals surface area contributed by atoms with Crippen LogP contribution < -0.4 is 5.32 Å². The molecule has 4 nitrogen and oxygen atoms in total. The molecule has 24 heavy (non-hydrogen) atoms. The van der Waals surface area contributed by atoms with Crippen LogP contribution in [0, 0.1) is 6.92 Å². The number of nitrogens with one attached hydrogen (secondary N) is 1. The lowest BCUT2D eigenvalue weighted by Crippen LogP contribution is -2.37. The van der Waals surface area contributed by atoms with E-state index in [4.69, 9.17) is 0 Å². The molecule has 1 aromatic carbocycles. The molecule has 0 saturated heterocycles. The number of carbonyl (C=O) groups excluding carboxylic acids is 1. The van der Waals surface area contributed by atoms with Crippen molar-refractivity contribution in [2.24, 2.45) is 0 Å². The molecule has 0 unspecified atom stereocenters. The van der Waals surface area contributed by atoms with Crippen LogP contribution >= 0.6 is 11.8 Å². The van der Waals surface area contributed by atoms with Gasteiger partial charge in [0.25, 0.3) is 0 Å². The van der Waals surface area contributed by atoms with Gasteiger partial charge in [0.1, 0.15) is 5.03 Å². The fraction of sp³-hybridized carbons (Fsp3) is 0.421. The van der Waals surface area contributed by atoms with Gasteiger partial charge in [-0.3, -0.25) is 4.79 Å². The van der Waals surface area contributed by atoms with Crippen LogP contribution in [0.3, 0.4) is 0 Å². The highest BCUT2D eigenvalue weighted by Crippen LogP contribution is 2.23. The summed E-state index contributed by atoms with van der Waals surface area (Å²) in [6, 6.07) is 12.4. The Labute approximate surface area is 147 Å². The van der Waals surface area contributed by atoms with Crippen LogP contribution in [0.15, 0.2) is 41.4 Å². The largest absolute Gasteiger partial charge is 0.353 e. The second-order valence-corrected chi connectivity index (χ2v) is 7.26. The van der Waals surface area contributed by atoms with Crippen molar-refractivity contribution in [1.82, 2.24) is 15.5 Å². The first-order valence-corrected chi connectivity index (χ1v) is 9.53. The predicted octanol–water partition coefficient (Wildman–Crippen LogP) is 3.99. The quantitative estimate of drug-likeness (QED) is 0.836. The smallest absolute Gasteiger partial charge is 0.230 e. The molecule has 1 N–H and O–H groups in total. The molecule has 1 aromatic heterocycles. The lowest BCUT2D eigenvalue weighted by atomic mass is 9.95. The molecule has 0 radical (unpaired) electrons. The lowest BCUT2D eigenvalue weighted by Gasteiger charge is -2.22. The van der Waals surface area contributed by atoms with Crippen LogP contribution in [-0.2, 0) is 4.79 Å². The number of aryl methyl sites for hydroxylation is 1. The number of amides is 1. The molecule has 1 heterocycles.